The normalized spacial score (nSPS) is 9.16. The van der Waals surface area contributed by atoms with Crippen LogP contribution in [0.25, 0.3) is 65.7 Å². The van der Waals surface area contributed by atoms with E-state index in [0.717, 1.165) is 102 Å². The van der Waals surface area contributed by atoms with Gasteiger partial charge in [0.2, 0.25) is 0 Å². The Morgan fingerprint density at radius 2 is 0.461 bits per heavy atom. The molecule has 0 aliphatic rings. The number of aromatic carboxylic acids is 6. The Kier molecular flexibility index (Phi) is 30.9. The van der Waals surface area contributed by atoms with E-state index in [9.17, 15) is 49.2 Å². The summed E-state index contributed by atoms with van der Waals surface area (Å²) in [5.74, 6) is -9.47. The smallest absolute Gasteiger partial charge is 0.545 e. The third-order valence-corrected chi connectivity index (χ3v) is 9.40. The molecular formula is C46H44Co2N8O20+4. The first-order chi connectivity index (χ1) is 31.7. The second-order valence-electron chi connectivity index (χ2n) is 13.5. The molecular weight excluding hydrogens is 1100 g/mol. The summed E-state index contributed by atoms with van der Waals surface area (Å²) in [6.07, 6.45) is 13.9. The van der Waals surface area contributed by atoms with Crippen molar-refractivity contribution in [1.82, 2.24) is 39.9 Å². The van der Waals surface area contributed by atoms with Crippen molar-refractivity contribution in [2.75, 3.05) is 0 Å². The van der Waals surface area contributed by atoms with Crippen molar-refractivity contribution < 1.29 is 137 Å². The number of hydrogen-bond donors (Lipinski definition) is 2. The van der Waals surface area contributed by atoms with Gasteiger partial charge in [-0.3, -0.25) is 39.9 Å². The SMILES string of the molecule is O.O.O.O.O=C([O-])c1cc(C(=O)[O-])cc(C(=O)O)c1.O=C([O-])c1cc(C(=O)[O-])cc(C(=O)O)c1.[Co+2].[Co+2].[OH3+].[OH3+].[OH3+].[OH3+].c1cnc2c(c1)c1nccnc1c1cccnc12.c1cnc2c(c1)c1nccnc1c1cccnc12. The predicted molar refractivity (Wildman–Crippen MR) is 258 cm³/mol. The van der Waals surface area contributed by atoms with E-state index in [-0.39, 0.29) is 77.4 Å². The Hall–Kier alpha value is -9.29. The molecule has 6 heterocycles. The van der Waals surface area contributed by atoms with Gasteiger partial charge in [-0.15, -0.1) is 0 Å². The van der Waals surface area contributed by atoms with Crippen LogP contribution in [0.2, 0.25) is 0 Å². The summed E-state index contributed by atoms with van der Waals surface area (Å²) < 4.78 is 0. The molecule has 0 saturated carbocycles. The minimum Gasteiger partial charge on any atom is -0.545 e. The minimum atomic E-state index is -1.65. The molecule has 0 aliphatic heterocycles. The number of fused-ring (bicyclic) bond motifs is 12. The summed E-state index contributed by atoms with van der Waals surface area (Å²) in [6.45, 7) is 0. The quantitative estimate of drug-likeness (QED) is 0.116. The maximum absolute atomic E-state index is 10.5. The van der Waals surface area contributed by atoms with Crippen LogP contribution in [0.1, 0.15) is 62.1 Å². The van der Waals surface area contributed by atoms with Crippen LogP contribution in [0.4, 0.5) is 0 Å². The molecule has 0 spiro atoms. The van der Waals surface area contributed by atoms with Crippen LogP contribution in [-0.2, 0) is 55.5 Å². The van der Waals surface area contributed by atoms with Crippen LogP contribution in [0, 0.1) is 0 Å². The van der Waals surface area contributed by atoms with E-state index in [1.807, 2.05) is 48.5 Å². The van der Waals surface area contributed by atoms with Gasteiger partial charge in [-0.25, -0.2) is 9.59 Å². The number of carbonyl (C=O) groups is 6. The van der Waals surface area contributed by atoms with Gasteiger partial charge in [0.15, 0.2) is 0 Å². The first-order valence-corrected chi connectivity index (χ1v) is 18.8. The molecule has 0 atom stereocenters. The number of carbonyl (C=O) groups excluding carboxylic acids is 4. The standard InChI is InChI=1S/2C14H8N4.2C9H6O6.2Co.8H2O/c2*1-3-9-11(15-5-1)12-10(4-2-6-16-12)14-13(9)17-7-8-18-14;2*10-7(11)4-1-5(8(12)13)3-6(2-4)9(14)15;;;;;;;;;;/h2*1-8H;2*1-3H,(H,10,11)(H,12,13)(H,14,15);;;8*1H2/q;;;;2*+2;;;;;;;;. The van der Waals surface area contributed by atoms with Crippen molar-refractivity contribution in [3.63, 3.8) is 0 Å². The Labute approximate surface area is 444 Å². The summed E-state index contributed by atoms with van der Waals surface area (Å²) in [4.78, 5) is 98.2. The molecule has 2 radical (unpaired) electrons. The second-order valence-corrected chi connectivity index (χ2v) is 13.5. The zero-order valence-corrected chi connectivity index (χ0v) is 40.3. The van der Waals surface area contributed by atoms with Crippen molar-refractivity contribution >= 4 is 101 Å². The van der Waals surface area contributed by atoms with Crippen molar-refractivity contribution in [3.05, 3.63) is 168 Å². The van der Waals surface area contributed by atoms with Gasteiger partial charge < -0.3 is 93.6 Å². The zero-order chi connectivity index (χ0) is 47.1. The topological polar surface area (TPSA) is 596 Å². The van der Waals surface area contributed by atoms with Gasteiger partial charge in [-0.2, -0.15) is 0 Å². The Bertz CT molecular complexity index is 2800. The summed E-state index contributed by atoms with van der Waals surface area (Å²) in [5.41, 5.74) is 4.03. The van der Waals surface area contributed by atoms with Gasteiger partial charge in [0.05, 0.1) is 79.1 Å². The Balaban J connectivity index is -0.000000438. The van der Waals surface area contributed by atoms with Crippen LogP contribution in [0.5, 0.6) is 0 Å². The van der Waals surface area contributed by atoms with Crippen LogP contribution in [-0.4, -0.2) is 108 Å². The fraction of sp³-hybridized carbons (Fsp3) is 0. The molecule has 6 aromatic heterocycles. The Morgan fingerprint density at radius 3 is 0.618 bits per heavy atom. The number of aromatic nitrogens is 8. The molecule has 10 rings (SSSR count). The maximum atomic E-state index is 10.5. The summed E-state index contributed by atoms with van der Waals surface area (Å²) in [5, 5.41) is 62.8. The van der Waals surface area contributed by atoms with E-state index < -0.39 is 69.2 Å². The first-order valence-electron chi connectivity index (χ1n) is 18.8. The Morgan fingerprint density at radius 1 is 0.303 bits per heavy atom. The van der Waals surface area contributed by atoms with E-state index in [0.29, 0.717) is 0 Å². The molecule has 30 heteroatoms. The molecule has 0 fully saturated rings. The molecule has 0 amide bonds. The number of nitrogens with zero attached hydrogens (tertiary/aromatic N) is 8. The van der Waals surface area contributed by atoms with Gasteiger partial charge >= 0.3 is 45.5 Å². The van der Waals surface area contributed by atoms with Crippen LogP contribution in [0.3, 0.4) is 0 Å². The average molecular weight is 1150 g/mol. The zero-order valence-electron chi connectivity index (χ0n) is 38.2. The van der Waals surface area contributed by atoms with Crippen LogP contribution < -0.4 is 20.4 Å². The van der Waals surface area contributed by atoms with Gasteiger partial charge in [0.25, 0.3) is 0 Å². The number of carboxylic acid groups (broad SMARTS) is 6. The summed E-state index contributed by atoms with van der Waals surface area (Å²) in [7, 11) is 0. The maximum Gasteiger partial charge on any atom is 2.00 e. The van der Waals surface area contributed by atoms with Crippen LogP contribution in [0.15, 0.2) is 135 Å². The largest absolute Gasteiger partial charge is 2.00 e. The van der Waals surface area contributed by atoms with Crippen molar-refractivity contribution in [2.45, 2.75) is 0 Å². The van der Waals surface area contributed by atoms with Gasteiger partial charge in [-0.05, 0) is 107 Å². The molecule has 0 aliphatic carbocycles. The number of pyridine rings is 4. The van der Waals surface area contributed by atoms with Gasteiger partial charge in [0, 0.05) is 71.1 Å². The minimum absolute atomic E-state index is 0. The van der Waals surface area contributed by atoms with Gasteiger partial charge in [0.1, 0.15) is 0 Å². The fourth-order valence-electron chi connectivity index (χ4n) is 6.58. The van der Waals surface area contributed by atoms with Crippen molar-refractivity contribution in [3.8, 4) is 0 Å². The molecule has 28 nitrogen and oxygen atoms in total. The van der Waals surface area contributed by atoms with Crippen molar-refractivity contribution in [2.24, 2.45) is 0 Å². The third kappa shape index (κ3) is 15.9. The molecule has 76 heavy (non-hydrogen) atoms. The molecule has 10 aromatic rings. The van der Waals surface area contributed by atoms with Crippen LogP contribution >= 0.6 is 0 Å². The number of hydrogen-bond acceptors (Lipinski definition) is 18. The summed E-state index contributed by atoms with van der Waals surface area (Å²) in [6, 6.07) is 20.4. The predicted octanol–water partition coefficient (Wildman–Crippen LogP) is -5.32. The molecule has 4 aromatic carbocycles. The fourth-order valence-corrected chi connectivity index (χ4v) is 6.58. The van der Waals surface area contributed by atoms with E-state index >= 15 is 0 Å². The van der Waals surface area contributed by atoms with Crippen molar-refractivity contribution in [1.29, 1.82) is 0 Å². The average Bonchev–Trinajstić information content (AvgIpc) is 3.34. The van der Waals surface area contributed by atoms with Gasteiger partial charge in [-0.1, -0.05) is 0 Å². The van der Waals surface area contributed by atoms with E-state index in [1.165, 1.54) is 0 Å². The molecule has 0 bridgehead atoms. The third-order valence-electron chi connectivity index (χ3n) is 9.40. The first kappa shape index (κ1) is 73.2. The van der Waals surface area contributed by atoms with E-state index in [1.54, 1.807) is 49.6 Å². The van der Waals surface area contributed by atoms with E-state index in [4.69, 9.17) is 10.2 Å². The molecule has 0 saturated heterocycles. The molecule has 22 N–H and O–H groups in total. The number of carboxylic acids is 6. The monoisotopic (exact) mass is 1150 g/mol. The number of rotatable bonds is 6. The molecule has 402 valence electrons. The van der Waals surface area contributed by atoms with E-state index in [2.05, 4.69) is 39.9 Å². The number of benzene rings is 4. The summed E-state index contributed by atoms with van der Waals surface area (Å²) >= 11 is 0. The second kappa shape index (κ2) is 32.0. The molecule has 0 unspecified atom stereocenters.